The Hall–Kier alpha value is -2.58. The Morgan fingerprint density at radius 3 is 2.28 bits per heavy atom. The Labute approximate surface area is 146 Å². The summed E-state index contributed by atoms with van der Waals surface area (Å²) < 4.78 is 27.0. The molecule has 0 bridgehead atoms. The van der Waals surface area contributed by atoms with Crippen molar-refractivity contribution in [2.45, 2.75) is 31.7 Å². The Morgan fingerprint density at radius 2 is 1.72 bits per heavy atom. The average Bonchev–Trinajstić information content (AvgIpc) is 2.54. The molecule has 1 amide bonds. The number of carbonyl (C=O) groups excluding carboxylic acids is 2. The SMILES string of the molecule is CC(=O)c1ccc(S(=O)(=O)NC(C)C(=O)Nc2cccc(C)n2)cc1. The number of pyridine rings is 1. The van der Waals surface area contributed by atoms with Gasteiger partial charge in [0, 0.05) is 11.3 Å². The summed E-state index contributed by atoms with van der Waals surface area (Å²) >= 11 is 0. The van der Waals surface area contributed by atoms with Crippen LogP contribution in [0.3, 0.4) is 0 Å². The first-order chi connectivity index (χ1) is 11.7. The van der Waals surface area contributed by atoms with Crippen molar-refractivity contribution in [3.63, 3.8) is 0 Å². The smallest absolute Gasteiger partial charge is 0.243 e. The molecule has 2 N–H and O–H groups in total. The third-order valence-electron chi connectivity index (χ3n) is 3.44. The number of carbonyl (C=O) groups is 2. The second-order valence-corrected chi connectivity index (χ2v) is 7.29. The fraction of sp³-hybridized carbons (Fsp3) is 0.235. The van der Waals surface area contributed by atoms with Crippen LogP contribution in [-0.2, 0) is 14.8 Å². The molecule has 1 unspecified atom stereocenters. The summed E-state index contributed by atoms with van der Waals surface area (Å²) in [4.78, 5) is 27.5. The second kappa shape index (κ2) is 7.54. The maximum Gasteiger partial charge on any atom is 0.243 e. The molecule has 0 saturated heterocycles. The molecule has 25 heavy (non-hydrogen) atoms. The summed E-state index contributed by atoms with van der Waals surface area (Å²) in [7, 11) is -3.89. The van der Waals surface area contributed by atoms with E-state index in [2.05, 4.69) is 15.0 Å². The highest BCUT2D eigenvalue weighted by Crippen LogP contribution is 2.12. The number of rotatable bonds is 6. The Bertz CT molecular complexity index is 892. The lowest BCUT2D eigenvalue weighted by Gasteiger charge is -2.14. The fourth-order valence-corrected chi connectivity index (χ4v) is 3.27. The number of hydrogen-bond donors (Lipinski definition) is 2. The quantitative estimate of drug-likeness (QED) is 0.765. The number of aryl methyl sites for hydroxylation is 1. The fourth-order valence-electron chi connectivity index (χ4n) is 2.07. The summed E-state index contributed by atoms with van der Waals surface area (Å²) in [5.74, 6) is -0.334. The number of hydrogen-bond acceptors (Lipinski definition) is 5. The molecule has 8 heteroatoms. The number of benzene rings is 1. The third kappa shape index (κ3) is 4.94. The molecular weight excluding hydrogens is 342 g/mol. The van der Waals surface area contributed by atoms with Crippen molar-refractivity contribution in [1.29, 1.82) is 0 Å². The molecule has 0 aliphatic rings. The van der Waals surface area contributed by atoms with Crippen molar-refractivity contribution in [1.82, 2.24) is 9.71 Å². The molecule has 0 fully saturated rings. The highest BCUT2D eigenvalue weighted by molar-refractivity contribution is 7.89. The number of ketones is 1. The van der Waals surface area contributed by atoms with Gasteiger partial charge in [-0.05, 0) is 45.0 Å². The van der Waals surface area contributed by atoms with Crippen LogP contribution in [0.25, 0.3) is 0 Å². The number of amides is 1. The summed E-state index contributed by atoms with van der Waals surface area (Å²) in [5.41, 5.74) is 1.15. The van der Waals surface area contributed by atoms with E-state index in [4.69, 9.17) is 0 Å². The largest absolute Gasteiger partial charge is 0.309 e. The molecule has 1 aromatic heterocycles. The van der Waals surface area contributed by atoms with Crippen LogP contribution in [0, 0.1) is 6.92 Å². The first-order valence-corrected chi connectivity index (χ1v) is 9.05. The number of nitrogens with one attached hydrogen (secondary N) is 2. The van der Waals surface area contributed by atoms with Crippen LogP contribution in [0.4, 0.5) is 5.82 Å². The molecule has 0 aliphatic carbocycles. The van der Waals surface area contributed by atoms with Crippen molar-refractivity contribution in [2.75, 3.05) is 5.32 Å². The van der Waals surface area contributed by atoms with Crippen molar-refractivity contribution in [3.8, 4) is 0 Å². The predicted molar refractivity (Wildman–Crippen MR) is 93.8 cm³/mol. The minimum absolute atomic E-state index is 0.0224. The van der Waals surface area contributed by atoms with E-state index in [-0.39, 0.29) is 10.7 Å². The molecule has 7 nitrogen and oxygen atoms in total. The lowest BCUT2D eigenvalue weighted by atomic mass is 10.2. The van der Waals surface area contributed by atoms with Gasteiger partial charge in [0.2, 0.25) is 15.9 Å². The van der Waals surface area contributed by atoms with Gasteiger partial charge in [-0.25, -0.2) is 13.4 Å². The van der Waals surface area contributed by atoms with Crippen LogP contribution in [0.1, 0.15) is 29.9 Å². The van der Waals surface area contributed by atoms with E-state index in [1.807, 2.05) is 0 Å². The zero-order valence-corrected chi connectivity index (χ0v) is 14.9. The lowest BCUT2D eigenvalue weighted by Crippen LogP contribution is -2.41. The molecule has 0 aliphatic heterocycles. The van der Waals surface area contributed by atoms with Crippen LogP contribution in [0.2, 0.25) is 0 Å². The van der Waals surface area contributed by atoms with E-state index in [0.717, 1.165) is 5.69 Å². The molecule has 1 atom stereocenters. The van der Waals surface area contributed by atoms with Crippen molar-refractivity contribution < 1.29 is 18.0 Å². The Balaban J connectivity index is 2.08. The lowest BCUT2D eigenvalue weighted by molar-refractivity contribution is -0.117. The number of nitrogens with zero attached hydrogens (tertiary/aromatic N) is 1. The van der Waals surface area contributed by atoms with E-state index in [1.165, 1.54) is 38.1 Å². The van der Waals surface area contributed by atoms with Crippen molar-refractivity contribution in [3.05, 3.63) is 53.7 Å². The van der Waals surface area contributed by atoms with Crippen LogP contribution in [0.5, 0.6) is 0 Å². The van der Waals surface area contributed by atoms with Gasteiger partial charge in [-0.1, -0.05) is 18.2 Å². The van der Waals surface area contributed by atoms with Crippen LogP contribution < -0.4 is 10.0 Å². The summed E-state index contributed by atoms with van der Waals surface area (Å²) in [6.07, 6.45) is 0. The minimum atomic E-state index is -3.89. The third-order valence-corrected chi connectivity index (χ3v) is 4.99. The molecular formula is C17H19N3O4S. The van der Waals surface area contributed by atoms with Gasteiger partial charge < -0.3 is 5.32 Å². The van der Waals surface area contributed by atoms with Crippen LogP contribution in [-0.4, -0.2) is 31.1 Å². The molecule has 2 rings (SSSR count). The van der Waals surface area contributed by atoms with Gasteiger partial charge in [-0.15, -0.1) is 0 Å². The van der Waals surface area contributed by atoms with E-state index in [9.17, 15) is 18.0 Å². The van der Waals surface area contributed by atoms with Gasteiger partial charge in [0.25, 0.3) is 0 Å². The molecule has 0 radical (unpaired) electrons. The van der Waals surface area contributed by atoms with Crippen LogP contribution in [0.15, 0.2) is 47.4 Å². The zero-order valence-electron chi connectivity index (χ0n) is 14.1. The molecule has 2 aromatic rings. The number of Topliss-reactive ketones (excluding diaryl/α,β-unsaturated/α-hetero) is 1. The van der Waals surface area contributed by atoms with Gasteiger partial charge in [0.05, 0.1) is 10.9 Å². The maximum absolute atomic E-state index is 12.3. The topological polar surface area (TPSA) is 105 Å². The average molecular weight is 361 g/mol. The van der Waals surface area contributed by atoms with E-state index in [0.29, 0.717) is 11.4 Å². The standard InChI is InChI=1S/C17H19N3O4S/c1-11-5-4-6-16(18-11)19-17(22)12(2)20-25(23,24)15-9-7-14(8-10-15)13(3)21/h4-10,12,20H,1-3H3,(H,18,19,22). The van der Waals surface area contributed by atoms with E-state index >= 15 is 0 Å². The first kappa shape index (κ1) is 18.8. The first-order valence-electron chi connectivity index (χ1n) is 7.57. The highest BCUT2D eigenvalue weighted by Gasteiger charge is 2.22. The maximum atomic E-state index is 12.3. The molecule has 0 spiro atoms. The van der Waals surface area contributed by atoms with Gasteiger partial charge in [-0.2, -0.15) is 4.72 Å². The minimum Gasteiger partial charge on any atom is -0.309 e. The van der Waals surface area contributed by atoms with E-state index < -0.39 is 22.0 Å². The van der Waals surface area contributed by atoms with Crippen molar-refractivity contribution in [2.24, 2.45) is 0 Å². The number of aromatic nitrogens is 1. The summed E-state index contributed by atoms with van der Waals surface area (Å²) in [5, 5.41) is 2.56. The second-order valence-electron chi connectivity index (χ2n) is 5.58. The summed E-state index contributed by atoms with van der Waals surface area (Å²) in [6, 6.07) is 9.65. The van der Waals surface area contributed by atoms with Gasteiger partial charge in [0.15, 0.2) is 5.78 Å². The van der Waals surface area contributed by atoms with E-state index in [1.54, 1.807) is 25.1 Å². The van der Waals surface area contributed by atoms with Gasteiger partial charge in [-0.3, -0.25) is 9.59 Å². The molecule has 1 aromatic carbocycles. The zero-order chi connectivity index (χ0) is 18.6. The Morgan fingerprint density at radius 1 is 1.08 bits per heavy atom. The molecule has 0 saturated carbocycles. The van der Waals surface area contributed by atoms with Crippen molar-refractivity contribution >= 4 is 27.5 Å². The Kier molecular flexibility index (Phi) is 5.66. The normalized spacial score (nSPS) is 12.4. The van der Waals surface area contributed by atoms with Crippen LogP contribution >= 0.6 is 0 Å². The molecule has 132 valence electrons. The van der Waals surface area contributed by atoms with Gasteiger partial charge >= 0.3 is 0 Å². The highest BCUT2D eigenvalue weighted by atomic mass is 32.2. The predicted octanol–water partition coefficient (Wildman–Crippen LogP) is 1.90. The molecule has 1 heterocycles. The monoisotopic (exact) mass is 361 g/mol. The number of sulfonamides is 1. The van der Waals surface area contributed by atoms with Gasteiger partial charge in [0.1, 0.15) is 5.82 Å². The number of anilines is 1. The summed E-state index contributed by atoms with van der Waals surface area (Å²) in [6.45, 7) is 4.62.